The van der Waals surface area contributed by atoms with E-state index in [4.69, 9.17) is 0 Å². The maximum atomic E-state index is 10.5. The van der Waals surface area contributed by atoms with E-state index in [-0.39, 0.29) is 6.10 Å². The first kappa shape index (κ1) is 16.8. The van der Waals surface area contributed by atoms with Gasteiger partial charge in [-0.05, 0) is 108 Å². The van der Waals surface area contributed by atoms with Crippen molar-refractivity contribution in [3.63, 3.8) is 0 Å². The van der Waals surface area contributed by atoms with E-state index >= 15 is 0 Å². The summed E-state index contributed by atoms with van der Waals surface area (Å²) in [5, 5.41) is 10.5. The molecule has 1 N–H and O–H groups in total. The van der Waals surface area contributed by atoms with E-state index in [1.165, 1.54) is 50.5 Å². The molecular weight excluding hydrogens is 330 g/mol. The average molecular weight is 364 g/mol. The van der Waals surface area contributed by atoms with Gasteiger partial charge < -0.3 is 5.11 Å². The molecule has 6 rings (SSSR count). The lowest BCUT2D eigenvalue weighted by Crippen LogP contribution is -2.54. The Morgan fingerprint density at radius 3 is 2.74 bits per heavy atom. The molecule has 0 aromatic carbocycles. The lowest BCUT2D eigenvalue weighted by Gasteiger charge is -2.61. The molecule has 0 radical (unpaired) electrons. The van der Waals surface area contributed by atoms with Crippen LogP contribution < -0.4 is 0 Å². The van der Waals surface area contributed by atoms with Gasteiger partial charge in [0.1, 0.15) is 0 Å². The Hall–Kier alpha value is -1.15. The van der Waals surface area contributed by atoms with E-state index in [1.807, 2.05) is 6.20 Å². The van der Waals surface area contributed by atoms with E-state index in [9.17, 15) is 5.11 Å². The number of aromatic nitrogens is 1. The molecule has 2 nitrogen and oxygen atoms in total. The number of rotatable bonds is 1. The lowest BCUT2D eigenvalue weighted by molar-refractivity contribution is -0.125. The maximum absolute atomic E-state index is 10.5. The van der Waals surface area contributed by atoms with E-state index in [0.717, 1.165) is 24.2 Å². The van der Waals surface area contributed by atoms with Gasteiger partial charge in [0.15, 0.2) is 0 Å². The summed E-state index contributed by atoms with van der Waals surface area (Å²) < 4.78 is 0. The van der Waals surface area contributed by atoms with Gasteiger partial charge in [0.2, 0.25) is 0 Å². The molecular formula is C25H33NO. The van der Waals surface area contributed by atoms with Gasteiger partial charge in [0.05, 0.1) is 6.10 Å². The molecule has 4 fully saturated rings. The third-order valence-corrected chi connectivity index (χ3v) is 10.4. The predicted molar refractivity (Wildman–Crippen MR) is 108 cm³/mol. The van der Waals surface area contributed by atoms with Crippen LogP contribution in [0.1, 0.15) is 70.8 Å². The lowest BCUT2D eigenvalue weighted by atomic mass is 9.43. The normalized spacial score (nSPS) is 52.9. The van der Waals surface area contributed by atoms with Crippen molar-refractivity contribution in [1.82, 2.24) is 4.98 Å². The Balaban J connectivity index is 1.33. The van der Waals surface area contributed by atoms with E-state index < -0.39 is 0 Å². The zero-order valence-corrected chi connectivity index (χ0v) is 16.8. The van der Waals surface area contributed by atoms with Crippen LogP contribution in [0.15, 0.2) is 30.6 Å². The second kappa shape index (κ2) is 5.26. The number of pyridine rings is 1. The van der Waals surface area contributed by atoms with Gasteiger partial charge in [-0.25, -0.2) is 0 Å². The fourth-order valence-corrected chi connectivity index (χ4v) is 8.96. The molecule has 1 spiro atoms. The number of nitrogens with zero attached hydrogens (tertiary/aromatic N) is 1. The Labute approximate surface area is 163 Å². The van der Waals surface area contributed by atoms with Crippen molar-refractivity contribution < 1.29 is 5.11 Å². The smallest absolute Gasteiger partial charge is 0.0574 e. The van der Waals surface area contributed by atoms with Crippen molar-refractivity contribution in [2.24, 2.45) is 39.9 Å². The molecule has 0 saturated heterocycles. The van der Waals surface area contributed by atoms with Crippen molar-refractivity contribution in [1.29, 1.82) is 0 Å². The molecule has 1 aromatic rings. The average Bonchev–Trinajstić information content (AvgIpc) is 3.33. The van der Waals surface area contributed by atoms with Crippen molar-refractivity contribution in [2.45, 2.75) is 71.3 Å². The Kier molecular flexibility index (Phi) is 3.27. The van der Waals surface area contributed by atoms with Crippen molar-refractivity contribution in [3.05, 3.63) is 36.2 Å². The third kappa shape index (κ3) is 1.94. The van der Waals surface area contributed by atoms with Crippen LogP contribution in [0.5, 0.6) is 0 Å². The molecule has 6 unspecified atom stereocenters. The second-order valence-electron chi connectivity index (χ2n) is 11.0. The topological polar surface area (TPSA) is 33.1 Å². The molecule has 0 bridgehead atoms. The van der Waals surface area contributed by atoms with Crippen LogP contribution in [0, 0.1) is 39.9 Å². The minimum Gasteiger partial charge on any atom is -0.393 e. The highest BCUT2D eigenvalue weighted by Crippen LogP contribution is 2.79. The quantitative estimate of drug-likeness (QED) is 0.717. The molecule has 1 heterocycles. The Morgan fingerprint density at radius 1 is 1.04 bits per heavy atom. The van der Waals surface area contributed by atoms with Crippen molar-refractivity contribution in [2.75, 3.05) is 0 Å². The number of aliphatic hydroxyl groups excluding tert-OH is 1. The second-order valence-corrected chi connectivity index (χ2v) is 11.0. The van der Waals surface area contributed by atoms with Gasteiger partial charge in [0.25, 0.3) is 0 Å². The van der Waals surface area contributed by atoms with E-state index in [2.05, 4.69) is 43.2 Å². The number of hydrogen-bond donors (Lipinski definition) is 1. The van der Waals surface area contributed by atoms with Crippen LogP contribution in [-0.4, -0.2) is 16.2 Å². The molecule has 5 aliphatic carbocycles. The zero-order chi connectivity index (χ0) is 18.4. The summed E-state index contributed by atoms with van der Waals surface area (Å²) in [6, 6.07) is 4.34. The van der Waals surface area contributed by atoms with Crippen molar-refractivity contribution >= 4 is 5.57 Å². The summed E-state index contributed by atoms with van der Waals surface area (Å²) in [6.45, 7) is 5.18. The fraction of sp³-hybridized carbons (Fsp3) is 0.720. The van der Waals surface area contributed by atoms with Crippen LogP contribution in [0.25, 0.3) is 5.57 Å². The highest BCUT2D eigenvalue weighted by Gasteiger charge is 2.73. The number of hydrogen-bond acceptors (Lipinski definition) is 2. The van der Waals surface area contributed by atoms with Gasteiger partial charge in [-0.3, -0.25) is 4.98 Å². The maximum Gasteiger partial charge on any atom is 0.0574 e. The van der Waals surface area contributed by atoms with Gasteiger partial charge in [-0.15, -0.1) is 0 Å². The van der Waals surface area contributed by atoms with Crippen LogP contribution in [0.2, 0.25) is 0 Å². The summed E-state index contributed by atoms with van der Waals surface area (Å²) >= 11 is 0. The first-order chi connectivity index (χ1) is 13.0. The first-order valence-electron chi connectivity index (χ1n) is 11.3. The SMILES string of the molecule is C[C@]12CCC3C(CCC45CC4C(O)CC[C@]35C)C1CC=C2c1cccnc1. The fourth-order valence-electron chi connectivity index (χ4n) is 8.96. The standard InChI is InChI=1S/C25H33NO/c1-23-10-8-20-17(19(23)6-5-18(23)16-4-3-13-26-15-16)7-12-25-14-21(25)22(27)9-11-24(20,25)2/h3-5,13,15,17,19-22,27H,6-12,14H2,1-2H3/t17?,19?,20?,21?,22?,23-,24-,25?/m1/s1. The van der Waals surface area contributed by atoms with E-state index in [1.54, 1.807) is 5.57 Å². The van der Waals surface area contributed by atoms with Crippen LogP contribution in [-0.2, 0) is 0 Å². The van der Waals surface area contributed by atoms with Gasteiger partial charge in [0, 0.05) is 12.4 Å². The van der Waals surface area contributed by atoms with Gasteiger partial charge >= 0.3 is 0 Å². The zero-order valence-electron chi connectivity index (χ0n) is 16.8. The summed E-state index contributed by atoms with van der Waals surface area (Å²) in [7, 11) is 0. The van der Waals surface area contributed by atoms with Crippen LogP contribution in [0.4, 0.5) is 0 Å². The molecule has 0 amide bonds. The highest BCUT2D eigenvalue weighted by molar-refractivity contribution is 5.72. The summed E-state index contributed by atoms with van der Waals surface area (Å²) in [5.41, 5.74) is 4.24. The van der Waals surface area contributed by atoms with Gasteiger partial charge in [-0.1, -0.05) is 26.0 Å². The largest absolute Gasteiger partial charge is 0.393 e. The molecule has 4 saturated carbocycles. The Morgan fingerprint density at radius 2 is 1.93 bits per heavy atom. The van der Waals surface area contributed by atoms with Crippen LogP contribution in [0.3, 0.4) is 0 Å². The highest BCUT2D eigenvalue weighted by atomic mass is 16.3. The predicted octanol–water partition coefficient (Wildman–Crippen LogP) is 5.48. The van der Waals surface area contributed by atoms with E-state index in [0.29, 0.717) is 22.2 Å². The number of allylic oxidation sites excluding steroid dienone is 2. The first-order valence-corrected chi connectivity index (χ1v) is 11.3. The summed E-state index contributed by atoms with van der Waals surface area (Å²) in [6.07, 6.45) is 16.9. The molecule has 5 aliphatic rings. The summed E-state index contributed by atoms with van der Waals surface area (Å²) in [5.74, 6) is 3.19. The third-order valence-electron chi connectivity index (χ3n) is 10.4. The van der Waals surface area contributed by atoms with Gasteiger partial charge in [-0.2, -0.15) is 0 Å². The van der Waals surface area contributed by atoms with Crippen molar-refractivity contribution in [3.8, 4) is 0 Å². The molecule has 144 valence electrons. The molecule has 8 atom stereocenters. The summed E-state index contributed by atoms with van der Waals surface area (Å²) in [4.78, 5) is 4.40. The molecule has 27 heavy (non-hydrogen) atoms. The molecule has 2 heteroatoms. The minimum atomic E-state index is -0.00573. The number of fused-ring (bicyclic) bond motifs is 4. The molecule has 0 aliphatic heterocycles. The Bertz CT molecular complexity index is 802. The monoisotopic (exact) mass is 363 g/mol. The minimum absolute atomic E-state index is 0.00573. The van der Waals surface area contributed by atoms with Crippen LogP contribution >= 0.6 is 0 Å². The number of aliphatic hydroxyl groups is 1. The molecule has 1 aromatic heterocycles.